The fourth-order valence-corrected chi connectivity index (χ4v) is 2.58. The summed E-state index contributed by atoms with van der Waals surface area (Å²) in [5.74, 6) is -0.662. The summed E-state index contributed by atoms with van der Waals surface area (Å²) in [6.45, 7) is 1.95. The molecule has 0 radical (unpaired) electrons. The van der Waals surface area contributed by atoms with Crippen LogP contribution in [0.3, 0.4) is 0 Å². The third-order valence-corrected chi connectivity index (χ3v) is 3.85. The Hall–Kier alpha value is -1.01. The molecule has 1 atom stereocenters. The van der Waals surface area contributed by atoms with E-state index in [0.29, 0.717) is 25.9 Å². The van der Waals surface area contributed by atoms with Crippen LogP contribution in [0.5, 0.6) is 0 Å². The summed E-state index contributed by atoms with van der Waals surface area (Å²) >= 11 is 0. The van der Waals surface area contributed by atoms with E-state index in [2.05, 4.69) is 4.90 Å². The Labute approximate surface area is 110 Å². The smallest absolute Gasteiger partial charge is 0.383 e. The number of rotatable bonds is 3. The molecule has 1 unspecified atom stereocenters. The maximum absolute atomic E-state index is 12.4. The molecular formula is C13H19F3N2O. The van der Waals surface area contributed by atoms with Gasteiger partial charge in [0.25, 0.3) is 0 Å². The van der Waals surface area contributed by atoms with Crippen molar-refractivity contribution in [3.8, 4) is 0 Å². The fraction of sp³-hybridized carbons (Fsp3) is 0.692. The molecule has 2 rings (SSSR count). The van der Waals surface area contributed by atoms with Gasteiger partial charge in [-0.05, 0) is 44.0 Å². The molecule has 1 saturated heterocycles. The van der Waals surface area contributed by atoms with Gasteiger partial charge in [-0.1, -0.05) is 0 Å². The third-order valence-electron chi connectivity index (χ3n) is 3.85. The molecule has 6 heteroatoms. The highest BCUT2D eigenvalue weighted by Crippen LogP contribution is 2.31. The highest BCUT2D eigenvalue weighted by Gasteiger charge is 2.44. The largest absolute Gasteiger partial charge is 0.414 e. The highest BCUT2D eigenvalue weighted by molar-refractivity contribution is 5.06. The first-order chi connectivity index (χ1) is 8.88. The lowest BCUT2D eigenvalue weighted by molar-refractivity contribution is -0.223. The van der Waals surface area contributed by atoms with Gasteiger partial charge in [0.05, 0.1) is 0 Å². The maximum Gasteiger partial charge on any atom is 0.414 e. The maximum atomic E-state index is 12.4. The normalized spacial score (nSPS) is 20.7. The molecule has 0 amide bonds. The minimum atomic E-state index is -4.50. The summed E-state index contributed by atoms with van der Waals surface area (Å²) in [7, 11) is 1.95. The summed E-state index contributed by atoms with van der Waals surface area (Å²) in [4.78, 5) is 2.13. The zero-order valence-corrected chi connectivity index (χ0v) is 10.9. The Bertz CT molecular complexity index is 408. The monoisotopic (exact) mass is 276 g/mol. The number of aromatic nitrogens is 1. The summed E-state index contributed by atoms with van der Waals surface area (Å²) < 4.78 is 39.3. The second kappa shape index (κ2) is 5.54. The second-order valence-corrected chi connectivity index (χ2v) is 5.21. The van der Waals surface area contributed by atoms with Crippen LogP contribution in [0.4, 0.5) is 13.2 Å². The van der Waals surface area contributed by atoms with Crippen LogP contribution in [0, 0.1) is 5.92 Å². The van der Waals surface area contributed by atoms with Crippen LogP contribution >= 0.6 is 0 Å². The Morgan fingerprint density at radius 2 is 2.00 bits per heavy atom. The van der Waals surface area contributed by atoms with Crippen LogP contribution in [-0.4, -0.2) is 39.9 Å². The van der Waals surface area contributed by atoms with E-state index in [1.165, 1.54) is 0 Å². The molecule has 1 fully saturated rings. The number of hydrogen-bond donors (Lipinski definition) is 1. The van der Waals surface area contributed by atoms with Crippen molar-refractivity contribution in [3.05, 3.63) is 24.0 Å². The van der Waals surface area contributed by atoms with Gasteiger partial charge in [-0.3, -0.25) is 4.90 Å². The summed E-state index contributed by atoms with van der Waals surface area (Å²) in [5.41, 5.74) is 1.15. The van der Waals surface area contributed by atoms with E-state index < -0.39 is 18.2 Å². The van der Waals surface area contributed by atoms with E-state index in [1.807, 2.05) is 29.9 Å². The zero-order chi connectivity index (χ0) is 14.0. The summed E-state index contributed by atoms with van der Waals surface area (Å²) in [6.07, 6.45) is -3.93. The average molecular weight is 276 g/mol. The number of aliphatic hydroxyl groups excluding tert-OH is 1. The molecule has 19 heavy (non-hydrogen) atoms. The van der Waals surface area contributed by atoms with Gasteiger partial charge in [-0.15, -0.1) is 0 Å². The molecule has 0 saturated carbocycles. The molecule has 108 valence electrons. The van der Waals surface area contributed by atoms with Gasteiger partial charge in [-0.2, -0.15) is 13.2 Å². The van der Waals surface area contributed by atoms with Crippen LogP contribution < -0.4 is 0 Å². The van der Waals surface area contributed by atoms with Gasteiger partial charge in [0.2, 0.25) is 0 Å². The first-order valence-electron chi connectivity index (χ1n) is 6.45. The Kier molecular flexibility index (Phi) is 4.20. The highest BCUT2D eigenvalue weighted by atomic mass is 19.4. The average Bonchev–Trinajstić information content (AvgIpc) is 2.74. The number of alkyl halides is 3. The van der Waals surface area contributed by atoms with Crippen LogP contribution in [-0.2, 0) is 13.6 Å². The molecule has 0 aromatic carbocycles. The molecule has 0 aliphatic carbocycles. The predicted octanol–water partition coefficient (Wildman–Crippen LogP) is 2.16. The Balaban J connectivity index is 1.84. The van der Waals surface area contributed by atoms with Gasteiger partial charge in [-0.25, -0.2) is 0 Å². The number of aliphatic hydroxyl groups is 1. The minimum absolute atomic E-state index is 0.394. The van der Waals surface area contributed by atoms with Crippen LogP contribution in [0.1, 0.15) is 18.5 Å². The van der Waals surface area contributed by atoms with Gasteiger partial charge in [0.1, 0.15) is 0 Å². The zero-order valence-electron chi connectivity index (χ0n) is 10.9. The molecule has 0 spiro atoms. The molecule has 1 aliphatic heterocycles. The molecule has 2 heterocycles. The number of nitrogens with zero attached hydrogens (tertiary/aromatic N) is 2. The van der Waals surface area contributed by atoms with Crippen molar-refractivity contribution >= 4 is 0 Å². The molecular weight excluding hydrogens is 257 g/mol. The van der Waals surface area contributed by atoms with Gasteiger partial charge >= 0.3 is 6.18 Å². The lowest BCUT2D eigenvalue weighted by atomic mass is 9.91. The third kappa shape index (κ3) is 3.51. The van der Waals surface area contributed by atoms with Crippen molar-refractivity contribution < 1.29 is 18.3 Å². The molecule has 1 aliphatic rings. The second-order valence-electron chi connectivity index (χ2n) is 5.21. The number of hydrogen-bond acceptors (Lipinski definition) is 2. The van der Waals surface area contributed by atoms with Gasteiger partial charge < -0.3 is 9.67 Å². The van der Waals surface area contributed by atoms with Crippen molar-refractivity contribution in [2.45, 2.75) is 31.7 Å². The Morgan fingerprint density at radius 3 is 2.47 bits per heavy atom. The predicted molar refractivity (Wildman–Crippen MR) is 65.5 cm³/mol. The lowest BCUT2D eigenvalue weighted by Crippen LogP contribution is -2.43. The fourth-order valence-electron chi connectivity index (χ4n) is 2.58. The summed E-state index contributed by atoms with van der Waals surface area (Å²) in [5, 5.41) is 9.25. The van der Waals surface area contributed by atoms with Crippen molar-refractivity contribution in [2.24, 2.45) is 13.0 Å². The van der Waals surface area contributed by atoms with Crippen LogP contribution in [0.25, 0.3) is 0 Å². The molecule has 1 aromatic rings. The SMILES string of the molecule is Cn1cccc1CN1CCC(C(O)C(F)(F)F)CC1. The van der Waals surface area contributed by atoms with E-state index in [0.717, 1.165) is 12.2 Å². The lowest BCUT2D eigenvalue weighted by Gasteiger charge is -2.34. The Morgan fingerprint density at radius 1 is 1.37 bits per heavy atom. The topological polar surface area (TPSA) is 28.4 Å². The molecule has 3 nitrogen and oxygen atoms in total. The van der Waals surface area contributed by atoms with E-state index in [-0.39, 0.29) is 0 Å². The quantitative estimate of drug-likeness (QED) is 0.916. The number of piperidine rings is 1. The molecule has 0 bridgehead atoms. The number of aryl methyl sites for hydroxylation is 1. The van der Waals surface area contributed by atoms with Crippen LogP contribution in [0.15, 0.2) is 18.3 Å². The van der Waals surface area contributed by atoms with E-state index in [9.17, 15) is 18.3 Å². The standard InChI is InChI=1S/C13H19F3N2O/c1-17-6-2-3-11(17)9-18-7-4-10(5-8-18)12(19)13(14,15)16/h2-3,6,10,12,19H,4-5,7-9H2,1H3. The summed E-state index contributed by atoms with van der Waals surface area (Å²) in [6, 6.07) is 3.96. The minimum Gasteiger partial charge on any atom is -0.383 e. The number of halogens is 3. The van der Waals surface area contributed by atoms with Gasteiger partial charge in [0, 0.05) is 25.5 Å². The van der Waals surface area contributed by atoms with E-state index in [4.69, 9.17) is 0 Å². The van der Waals surface area contributed by atoms with Gasteiger partial charge in [0.15, 0.2) is 6.10 Å². The van der Waals surface area contributed by atoms with Crippen molar-refractivity contribution in [1.29, 1.82) is 0 Å². The molecule has 1 aromatic heterocycles. The van der Waals surface area contributed by atoms with Crippen molar-refractivity contribution in [1.82, 2.24) is 9.47 Å². The first-order valence-corrected chi connectivity index (χ1v) is 6.45. The number of likely N-dealkylation sites (tertiary alicyclic amines) is 1. The van der Waals surface area contributed by atoms with E-state index >= 15 is 0 Å². The van der Waals surface area contributed by atoms with Crippen LogP contribution in [0.2, 0.25) is 0 Å². The van der Waals surface area contributed by atoms with E-state index in [1.54, 1.807) is 0 Å². The van der Waals surface area contributed by atoms with Crippen molar-refractivity contribution in [3.63, 3.8) is 0 Å². The van der Waals surface area contributed by atoms with Crippen molar-refractivity contribution in [2.75, 3.05) is 13.1 Å². The first kappa shape index (κ1) is 14.4. The molecule has 1 N–H and O–H groups in total.